The summed E-state index contributed by atoms with van der Waals surface area (Å²) in [6.45, 7) is -0.281. The second-order valence-corrected chi connectivity index (χ2v) is 4.36. The summed E-state index contributed by atoms with van der Waals surface area (Å²) in [6, 6.07) is 4.58. The summed E-state index contributed by atoms with van der Waals surface area (Å²) in [4.78, 5) is 0. The average molecular weight is 265 g/mol. The highest BCUT2D eigenvalue weighted by atomic mass is 19.4. The molecule has 0 saturated carbocycles. The Bertz CT molecular complexity index is 427. The number of rotatable bonds is 1. The molecule has 0 aliphatic carbocycles. The molecule has 1 nitrogen and oxygen atoms in total. The summed E-state index contributed by atoms with van der Waals surface area (Å²) in [7, 11) is 0. The molecule has 6 heteroatoms. The number of piperidine rings is 1. The van der Waals surface area contributed by atoms with E-state index in [0.717, 1.165) is 12.1 Å². The van der Waals surface area contributed by atoms with Crippen LogP contribution in [0.4, 0.5) is 22.0 Å². The number of nitrogens with one attached hydrogen (secondary N) is 1. The lowest BCUT2D eigenvalue weighted by Gasteiger charge is -2.33. The number of hydrogen-bond donors (Lipinski definition) is 1. The quantitative estimate of drug-likeness (QED) is 0.767. The summed E-state index contributed by atoms with van der Waals surface area (Å²) in [6.07, 6.45) is -4.60. The fourth-order valence-electron chi connectivity index (χ4n) is 2.28. The van der Waals surface area contributed by atoms with Crippen molar-refractivity contribution < 1.29 is 22.0 Å². The van der Waals surface area contributed by atoms with Crippen molar-refractivity contribution in [2.45, 2.75) is 24.4 Å². The Morgan fingerprint density at radius 2 is 1.83 bits per heavy atom. The van der Waals surface area contributed by atoms with Crippen LogP contribution in [0.15, 0.2) is 24.3 Å². The highest BCUT2D eigenvalue weighted by molar-refractivity contribution is 5.34. The Labute approximate surface area is 101 Å². The van der Waals surface area contributed by atoms with Crippen LogP contribution in [0.2, 0.25) is 0 Å². The molecule has 0 amide bonds. The smallest absolute Gasteiger partial charge is 0.311 e. The highest BCUT2D eigenvalue weighted by Gasteiger charge is 2.46. The largest absolute Gasteiger partial charge is 0.416 e. The van der Waals surface area contributed by atoms with E-state index in [9.17, 15) is 22.0 Å². The van der Waals surface area contributed by atoms with E-state index in [2.05, 4.69) is 5.32 Å². The van der Waals surface area contributed by atoms with E-state index >= 15 is 0 Å². The summed E-state index contributed by atoms with van der Waals surface area (Å²) in [5.41, 5.74) is -1.27. The first-order chi connectivity index (χ1) is 8.32. The van der Waals surface area contributed by atoms with Crippen LogP contribution in [-0.4, -0.2) is 19.0 Å². The molecule has 1 saturated heterocycles. The molecule has 1 atom stereocenters. The Hall–Kier alpha value is -1.17. The Morgan fingerprint density at radius 3 is 2.44 bits per heavy atom. The molecule has 18 heavy (non-hydrogen) atoms. The lowest BCUT2D eigenvalue weighted by molar-refractivity contribution is -0.139. The summed E-state index contributed by atoms with van der Waals surface area (Å²) >= 11 is 0. The monoisotopic (exact) mass is 265 g/mol. The van der Waals surface area contributed by atoms with Gasteiger partial charge in [-0.1, -0.05) is 18.2 Å². The van der Waals surface area contributed by atoms with Crippen molar-refractivity contribution in [1.29, 1.82) is 0 Å². The number of hydrogen-bond acceptors (Lipinski definition) is 1. The minimum absolute atomic E-state index is 0.0000926. The molecule has 1 unspecified atom stereocenters. The maximum atomic E-state index is 13.7. The Balaban J connectivity index is 2.44. The molecule has 0 spiro atoms. The topological polar surface area (TPSA) is 12.0 Å². The van der Waals surface area contributed by atoms with Crippen molar-refractivity contribution in [2.75, 3.05) is 13.1 Å². The fourth-order valence-corrected chi connectivity index (χ4v) is 2.28. The molecule has 2 rings (SSSR count). The Kier molecular flexibility index (Phi) is 3.31. The Morgan fingerprint density at radius 1 is 1.17 bits per heavy atom. The SMILES string of the molecule is FC(F)(F)c1ccccc1C1CCNCC1(F)F. The number of alkyl halides is 5. The zero-order chi connectivity index (χ0) is 13.4. The minimum atomic E-state index is -4.60. The van der Waals surface area contributed by atoms with E-state index in [4.69, 9.17) is 0 Å². The van der Waals surface area contributed by atoms with Gasteiger partial charge < -0.3 is 5.32 Å². The molecule has 1 aliphatic rings. The molecular weight excluding hydrogens is 253 g/mol. The van der Waals surface area contributed by atoms with Gasteiger partial charge in [-0.3, -0.25) is 0 Å². The van der Waals surface area contributed by atoms with E-state index in [1.165, 1.54) is 12.1 Å². The average Bonchev–Trinajstić information content (AvgIpc) is 2.27. The van der Waals surface area contributed by atoms with Crippen LogP contribution < -0.4 is 5.32 Å². The zero-order valence-electron chi connectivity index (χ0n) is 9.40. The van der Waals surface area contributed by atoms with Gasteiger partial charge in [0.05, 0.1) is 18.0 Å². The molecule has 100 valence electrons. The van der Waals surface area contributed by atoms with E-state index in [0.29, 0.717) is 6.54 Å². The van der Waals surface area contributed by atoms with Crippen molar-refractivity contribution in [3.63, 3.8) is 0 Å². The predicted molar refractivity (Wildman–Crippen MR) is 56.6 cm³/mol. The second kappa shape index (κ2) is 4.50. The summed E-state index contributed by atoms with van der Waals surface area (Å²) < 4.78 is 65.8. The highest BCUT2D eigenvalue weighted by Crippen LogP contribution is 2.43. The van der Waals surface area contributed by atoms with Crippen LogP contribution in [0, 0.1) is 0 Å². The molecule has 1 heterocycles. The van der Waals surface area contributed by atoms with Crippen LogP contribution in [-0.2, 0) is 6.18 Å². The molecule has 1 aromatic carbocycles. The fraction of sp³-hybridized carbons (Fsp3) is 0.500. The van der Waals surface area contributed by atoms with Gasteiger partial charge in [0.1, 0.15) is 0 Å². The molecule has 1 N–H and O–H groups in total. The van der Waals surface area contributed by atoms with Gasteiger partial charge in [-0.15, -0.1) is 0 Å². The van der Waals surface area contributed by atoms with Crippen molar-refractivity contribution >= 4 is 0 Å². The van der Waals surface area contributed by atoms with Gasteiger partial charge in [-0.25, -0.2) is 8.78 Å². The van der Waals surface area contributed by atoms with Gasteiger partial charge in [-0.05, 0) is 24.6 Å². The van der Waals surface area contributed by atoms with Gasteiger partial charge in [0.2, 0.25) is 0 Å². The third-order valence-corrected chi connectivity index (χ3v) is 3.12. The van der Waals surface area contributed by atoms with Crippen LogP contribution in [0.5, 0.6) is 0 Å². The third kappa shape index (κ3) is 2.48. The van der Waals surface area contributed by atoms with Gasteiger partial charge in [-0.2, -0.15) is 13.2 Å². The molecule has 0 aromatic heterocycles. The van der Waals surface area contributed by atoms with Crippen molar-refractivity contribution in [2.24, 2.45) is 0 Å². The summed E-state index contributed by atoms with van der Waals surface area (Å²) in [5.74, 6) is -4.53. The molecular formula is C12H12F5N. The lowest BCUT2D eigenvalue weighted by Crippen LogP contribution is -2.45. The predicted octanol–water partition coefficient (Wildman–Crippen LogP) is 3.42. The molecule has 1 aliphatic heterocycles. The van der Waals surface area contributed by atoms with E-state index < -0.39 is 30.1 Å². The normalized spacial score (nSPS) is 23.9. The number of halogens is 5. The van der Waals surface area contributed by atoms with E-state index in [-0.39, 0.29) is 12.0 Å². The first-order valence-corrected chi connectivity index (χ1v) is 5.57. The maximum Gasteiger partial charge on any atom is 0.416 e. The first-order valence-electron chi connectivity index (χ1n) is 5.57. The zero-order valence-corrected chi connectivity index (χ0v) is 9.40. The number of benzene rings is 1. The van der Waals surface area contributed by atoms with Crippen molar-refractivity contribution in [3.05, 3.63) is 35.4 Å². The van der Waals surface area contributed by atoms with Crippen LogP contribution >= 0.6 is 0 Å². The second-order valence-electron chi connectivity index (χ2n) is 4.36. The van der Waals surface area contributed by atoms with Crippen LogP contribution in [0.25, 0.3) is 0 Å². The van der Waals surface area contributed by atoms with Crippen LogP contribution in [0.1, 0.15) is 23.5 Å². The standard InChI is InChI=1S/C12H12F5N/c13-11(14)7-18-6-5-9(11)8-3-1-2-4-10(8)12(15,16)17/h1-4,9,18H,5-7H2. The van der Waals surface area contributed by atoms with E-state index in [1.54, 1.807) is 0 Å². The molecule has 1 aromatic rings. The molecule has 1 fully saturated rings. The van der Waals surface area contributed by atoms with Crippen molar-refractivity contribution in [1.82, 2.24) is 5.32 Å². The van der Waals surface area contributed by atoms with Crippen molar-refractivity contribution in [3.8, 4) is 0 Å². The minimum Gasteiger partial charge on any atom is -0.311 e. The van der Waals surface area contributed by atoms with Gasteiger partial charge >= 0.3 is 6.18 Å². The van der Waals surface area contributed by atoms with Gasteiger partial charge in [0.15, 0.2) is 0 Å². The maximum absolute atomic E-state index is 13.7. The molecule has 0 bridgehead atoms. The van der Waals surface area contributed by atoms with Gasteiger partial charge in [0, 0.05) is 0 Å². The lowest BCUT2D eigenvalue weighted by atomic mass is 9.84. The van der Waals surface area contributed by atoms with Crippen LogP contribution in [0.3, 0.4) is 0 Å². The van der Waals surface area contributed by atoms with Gasteiger partial charge in [0.25, 0.3) is 5.92 Å². The third-order valence-electron chi connectivity index (χ3n) is 3.12. The van der Waals surface area contributed by atoms with E-state index in [1.807, 2.05) is 0 Å². The summed E-state index contributed by atoms with van der Waals surface area (Å²) in [5, 5.41) is 2.50. The first kappa shape index (κ1) is 13.3. The molecule has 0 radical (unpaired) electrons.